The quantitative estimate of drug-likeness (QED) is 0.660. The molecule has 0 saturated carbocycles. The van der Waals surface area contributed by atoms with E-state index >= 15 is 0 Å². The zero-order chi connectivity index (χ0) is 13.2. The zero-order valence-electron chi connectivity index (χ0n) is 11.1. The van der Waals surface area contributed by atoms with Crippen molar-refractivity contribution in [1.29, 1.82) is 0 Å². The van der Waals surface area contributed by atoms with E-state index in [4.69, 9.17) is 0 Å². The van der Waals surface area contributed by atoms with E-state index < -0.39 is 12.0 Å². The van der Waals surface area contributed by atoms with Crippen molar-refractivity contribution in [1.82, 2.24) is 5.32 Å². The molecule has 100 valence electrons. The molecular formula is C15H23NO2. The molecule has 3 nitrogen and oxygen atoms in total. The molecule has 0 spiro atoms. The third-order valence-electron chi connectivity index (χ3n) is 3.01. The van der Waals surface area contributed by atoms with Gasteiger partial charge >= 0.3 is 5.97 Å². The SMILES string of the molecule is CCCCCCCNC(C(=O)O)c1ccccc1. The second kappa shape index (κ2) is 8.70. The number of benzene rings is 1. The number of carboxylic acids is 1. The maximum atomic E-state index is 11.2. The van der Waals surface area contributed by atoms with Crippen LogP contribution in [0.5, 0.6) is 0 Å². The molecule has 1 aromatic rings. The minimum absolute atomic E-state index is 0.586. The van der Waals surface area contributed by atoms with Gasteiger partial charge in [-0.25, -0.2) is 0 Å². The Bertz CT molecular complexity index is 338. The average Bonchev–Trinajstić information content (AvgIpc) is 2.38. The molecule has 1 atom stereocenters. The lowest BCUT2D eigenvalue weighted by Gasteiger charge is -2.14. The van der Waals surface area contributed by atoms with Crippen LogP contribution < -0.4 is 5.32 Å². The third-order valence-corrected chi connectivity index (χ3v) is 3.01. The van der Waals surface area contributed by atoms with E-state index in [1.54, 1.807) is 0 Å². The van der Waals surface area contributed by atoms with Crippen LogP contribution in [0.15, 0.2) is 30.3 Å². The zero-order valence-corrected chi connectivity index (χ0v) is 11.1. The molecule has 2 N–H and O–H groups in total. The van der Waals surface area contributed by atoms with Crippen LogP contribution in [-0.4, -0.2) is 17.6 Å². The van der Waals surface area contributed by atoms with Crippen LogP contribution in [-0.2, 0) is 4.79 Å². The van der Waals surface area contributed by atoms with Crippen LogP contribution in [0, 0.1) is 0 Å². The van der Waals surface area contributed by atoms with Gasteiger partial charge in [-0.1, -0.05) is 62.9 Å². The Kier molecular flexibility index (Phi) is 7.11. The molecule has 0 aromatic heterocycles. The van der Waals surface area contributed by atoms with Crippen LogP contribution in [0.25, 0.3) is 0 Å². The highest BCUT2D eigenvalue weighted by molar-refractivity contribution is 5.75. The number of carboxylic acid groups (broad SMARTS) is 1. The Morgan fingerprint density at radius 1 is 1.17 bits per heavy atom. The maximum Gasteiger partial charge on any atom is 0.325 e. The lowest BCUT2D eigenvalue weighted by Crippen LogP contribution is -2.29. The summed E-state index contributed by atoms with van der Waals surface area (Å²) in [5, 5.41) is 12.3. The van der Waals surface area contributed by atoms with Crippen LogP contribution in [0.2, 0.25) is 0 Å². The molecule has 0 aliphatic carbocycles. The first-order valence-electron chi connectivity index (χ1n) is 6.77. The predicted octanol–water partition coefficient (Wildman–Crippen LogP) is 3.37. The fraction of sp³-hybridized carbons (Fsp3) is 0.533. The fourth-order valence-electron chi connectivity index (χ4n) is 1.97. The Morgan fingerprint density at radius 2 is 1.83 bits per heavy atom. The summed E-state index contributed by atoms with van der Waals surface area (Å²) in [4.78, 5) is 11.2. The summed E-state index contributed by atoms with van der Waals surface area (Å²) >= 11 is 0. The van der Waals surface area contributed by atoms with Crippen molar-refractivity contribution in [2.24, 2.45) is 0 Å². The topological polar surface area (TPSA) is 49.3 Å². The van der Waals surface area contributed by atoms with Gasteiger partial charge in [-0.15, -0.1) is 0 Å². The molecule has 0 amide bonds. The van der Waals surface area contributed by atoms with Gasteiger partial charge in [0.15, 0.2) is 0 Å². The summed E-state index contributed by atoms with van der Waals surface area (Å²) in [6.45, 7) is 2.95. The number of carbonyl (C=O) groups is 1. The predicted molar refractivity (Wildman–Crippen MR) is 73.6 cm³/mol. The van der Waals surface area contributed by atoms with Gasteiger partial charge in [0, 0.05) is 0 Å². The molecule has 3 heteroatoms. The number of nitrogens with one attached hydrogen (secondary N) is 1. The van der Waals surface area contributed by atoms with Crippen molar-refractivity contribution in [3.63, 3.8) is 0 Å². The first kappa shape index (κ1) is 14.7. The van der Waals surface area contributed by atoms with E-state index in [0.29, 0.717) is 0 Å². The second-order valence-electron chi connectivity index (χ2n) is 4.55. The van der Waals surface area contributed by atoms with Crippen LogP contribution in [0.1, 0.15) is 50.6 Å². The molecule has 0 aliphatic rings. The van der Waals surface area contributed by atoms with Crippen molar-refractivity contribution < 1.29 is 9.90 Å². The molecule has 1 rings (SSSR count). The number of unbranched alkanes of at least 4 members (excludes halogenated alkanes) is 4. The van der Waals surface area contributed by atoms with E-state index in [1.165, 1.54) is 25.7 Å². The molecule has 0 aliphatic heterocycles. The first-order valence-corrected chi connectivity index (χ1v) is 6.77. The molecule has 0 saturated heterocycles. The van der Waals surface area contributed by atoms with Gasteiger partial charge in [-0.3, -0.25) is 4.79 Å². The summed E-state index contributed by atoms with van der Waals surface area (Å²) in [5.41, 5.74) is 0.818. The number of aliphatic carboxylic acids is 1. The van der Waals surface area contributed by atoms with Gasteiger partial charge < -0.3 is 10.4 Å². The monoisotopic (exact) mass is 249 g/mol. The Morgan fingerprint density at radius 3 is 2.44 bits per heavy atom. The van der Waals surface area contributed by atoms with E-state index in [2.05, 4.69) is 12.2 Å². The van der Waals surface area contributed by atoms with E-state index in [0.717, 1.165) is 18.5 Å². The smallest absolute Gasteiger partial charge is 0.325 e. The van der Waals surface area contributed by atoms with E-state index in [9.17, 15) is 9.90 Å². The van der Waals surface area contributed by atoms with Gasteiger partial charge in [0.1, 0.15) is 6.04 Å². The first-order chi connectivity index (χ1) is 8.75. The highest BCUT2D eigenvalue weighted by Crippen LogP contribution is 2.12. The summed E-state index contributed by atoms with van der Waals surface area (Å²) in [5.74, 6) is -0.810. The normalized spacial score (nSPS) is 12.3. The van der Waals surface area contributed by atoms with E-state index in [1.807, 2.05) is 30.3 Å². The lowest BCUT2D eigenvalue weighted by atomic mass is 10.1. The van der Waals surface area contributed by atoms with Gasteiger partial charge in [0.25, 0.3) is 0 Å². The van der Waals surface area contributed by atoms with Crippen molar-refractivity contribution in [2.45, 2.75) is 45.1 Å². The largest absolute Gasteiger partial charge is 0.480 e. The standard InChI is InChI=1S/C15H23NO2/c1-2-3-4-5-9-12-16-14(15(17)18)13-10-7-6-8-11-13/h6-8,10-11,14,16H,2-5,9,12H2,1H3,(H,17,18). The average molecular weight is 249 g/mol. The van der Waals surface area contributed by atoms with Crippen molar-refractivity contribution >= 4 is 5.97 Å². The fourth-order valence-corrected chi connectivity index (χ4v) is 1.97. The molecular weight excluding hydrogens is 226 g/mol. The maximum absolute atomic E-state index is 11.2. The minimum Gasteiger partial charge on any atom is -0.480 e. The van der Waals surface area contributed by atoms with Crippen LogP contribution in [0.3, 0.4) is 0 Å². The van der Waals surface area contributed by atoms with Gasteiger partial charge in [0.2, 0.25) is 0 Å². The van der Waals surface area contributed by atoms with Crippen LogP contribution in [0.4, 0.5) is 0 Å². The van der Waals surface area contributed by atoms with Gasteiger partial charge in [0.05, 0.1) is 0 Å². The van der Waals surface area contributed by atoms with Crippen molar-refractivity contribution in [2.75, 3.05) is 6.54 Å². The Labute approximate surface area is 109 Å². The van der Waals surface area contributed by atoms with Gasteiger partial charge in [-0.2, -0.15) is 0 Å². The van der Waals surface area contributed by atoms with Crippen LogP contribution >= 0.6 is 0 Å². The highest BCUT2D eigenvalue weighted by atomic mass is 16.4. The number of hydrogen-bond donors (Lipinski definition) is 2. The number of hydrogen-bond acceptors (Lipinski definition) is 2. The summed E-state index contributed by atoms with van der Waals surface area (Å²) in [6, 6.07) is 8.75. The molecule has 0 fully saturated rings. The summed E-state index contributed by atoms with van der Waals surface area (Å²) in [7, 11) is 0. The number of rotatable bonds is 9. The van der Waals surface area contributed by atoms with Crippen molar-refractivity contribution in [3.8, 4) is 0 Å². The molecule has 0 bridgehead atoms. The summed E-state index contributed by atoms with van der Waals surface area (Å²) in [6.07, 6.45) is 5.94. The Balaban J connectivity index is 2.34. The highest BCUT2D eigenvalue weighted by Gasteiger charge is 2.17. The molecule has 0 radical (unpaired) electrons. The summed E-state index contributed by atoms with van der Waals surface area (Å²) < 4.78 is 0. The third kappa shape index (κ3) is 5.32. The minimum atomic E-state index is -0.810. The Hall–Kier alpha value is -1.35. The van der Waals surface area contributed by atoms with Crippen molar-refractivity contribution in [3.05, 3.63) is 35.9 Å². The molecule has 18 heavy (non-hydrogen) atoms. The second-order valence-corrected chi connectivity index (χ2v) is 4.55. The lowest BCUT2D eigenvalue weighted by molar-refractivity contribution is -0.139. The van der Waals surface area contributed by atoms with Gasteiger partial charge in [-0.05, 0) is 18.5 Å². The molecule has 1 unspecified atom stereocenters. The molecule has 1 aromatic carbocycles. The van der Waals surface area contributed by atoms with E-state index in [-0.39, 0.29) is 0 Å². The molecule has 0 heterocycles.